The molecule has 0 saturated carbocycles. The number of hydrogen-bond donors (Lipinski definition) is 2. The van der Waals surface area contributed by atoms with Gasteiger partial charge in [-0.3, -0.25) is 9.48 Å². The molecule has 1 aliphatic rings. The second-order valence-electron chi connectivity index (χ2n) is 6.99. The SMILES string of the molecule is Cc1cc(C)cc(COC(=O)N2CCCn3nc(C(N)C(N)=O)cc3C2)c1. The zero-order valence-corrected chi connectivity index (χ0v) is 15.6. The topological polar surface area (TPSA) is 116 Å². The fourth-order valence-corrected chi connectivity index (χ4v) is 3.33. The van der Waals surface area contributed by atoms with Crippen molar-refractivity contribution in [3.63, 3.8) is 0 Å². The van der Waals surface area contributed by atoms with Crippen molar-refractivity contribution in [2.24, 2.45) is 11.5 Å². The van der Waals surface area contributed by atoms with Crippen molar-refractivity contribution in [1.82, 2.24) is 14.7 Å². The number of carbonyl (C=O) groups excluding carboxylic acids is 2. The number of nitrogens with zero attached hydrogens (tertiary/aromatic N) is 3. The monoisotopic (exact) mass is 371 g/mol. The molecule has 0 bridgehead atoms. The summed E-state index contributed by atoms with van der Waals surface area (Å²) in [6.07, 6.45) is 0.364. The Kier molecular flexibility index (Phi) is 5.46. The summed E-state index contributed by atoms with van der Waals surface area (Å²) >= 11 is 0. The van der Waals surface area contributed by atoms with Crippen LogP contribution in [0.1, 0.15) is 40.5 Å². The number of aryl methyl sites for hydroxylation is 3. The third-order valence-corrected chi connectivity index (χ3v) is 4.56. The van der Waals surface area contributed by atoms with Gasteiger partial charge in [0.15, 0.2) is 0 Å². The Labute approximate surface area is 158 Å². The van der Waals surface area contributed by atoms with Gasteiger partial charge in [0.05, 0.1) is 17.9 Å². The quantitative estimate of drug-likeness (QED) is 0.845. The van der Waals surface area contributed by atoms with Crippen molar-refractivity contribution in [1.29, 1.82) is 0 Å². The van der Waals surface area contributed by atoms with Crippen LogP contribution < -0.4 is 11.5 Å². The zero-order chi connectivity index (χ0) is 19.6. The number of hydrogen-bond acceptors (Lipinski definition) is 5. The second kappa shape index (κ2) is 7.79. The fraction of sp³-hybridized carbons (Fsp3) is 0.421. The van der Waals surface area contributed by atoms with Gasteiger partial charge >= 0.3 is 6.09 Å². The average molecular weight is 371 g/mol. The number of rotatable bonds is 4. The minimum Gasteiger partial charge on any atom is -0.445 e. The molecule has 144 valence electrons. The van der Waals surface area contributed by atoms with E-state index in [9.17, 15) is 9.59 Å². The number of carbonyl (C=O) groups is 2. The highest BCUT2D eigenvalue weighted by molar-refractivity contribution is 5.80. The van der Waals surface area contributed by atoms with E-state index >= 15 is 0 Å². The molecule has 1 atom stereocenters. The standard InChI is InChI=1S/C19H25N5O3/c1-12-6-13(2)8-14(7-12)11-27-19(26)23-4-3-5-24-15(10-23)9-16(22-24)17(20)18(21)25/h6-9,17H,3-5,10-11,20H2,1-2H3,(H2,21,25). The van der Waals surface area contributed by atoms with Gasteiger partial charge < -0.3 is 21.1 Å². The molecule has 0 fully saturated rings. The van der Waals surface area contributed by atoms with Gasteiger partial charge in [-0.15, -0.1) is 0 Å². The van der Waals surface area contributed by atoms with Crippen molar-refractivity contribution >= 4 is 12.0 Å². The lowest BCUT2D eigenvalue weighted by atomic mass is 10.1. The largest absolute Gasteiger partial charge is 0.445 e. The molecule has 1 aromatic carbocycles. The highest BCUT2D eigenvalue weighted by Crippen LogP contribution is 2.18. The minimum atomic E-state index is -0.950. The van der Waals surface area contributed by atoms with Crippen molar-refractivity contribution in [3.8, 4) is 0 Å². The van der Waals surface area contributed by atoms with Crippen LogP contribution in [0.4, 0.5) is 4.79 Å². The van der Waals surface area contributed by atoms with Crippen LogP contribution in [-0.4, -0.2) is 33.2 Å². The van der Waals surface area contributed by atoms with E-state index in [1.165, 1.54) is 0 Å². The normalized spacial score (nSPS) is 15.0. The highest BCUT2D eigenvalue weighted by Gasteiger charge is 2.24. The Hall–Kier alpha value is -2.87. The van der Waals surface area contributed by atoms with Crippen LogP contribution in [0.25, 0.3) is 0 Å². The van der Waals surface area contributed by atoms with E-state index in [2.05, 4.69) is 11.2 Å². The minimum absolute atomic E-state index is 0.231. The maximum absolute atomic E-state index is 12.5. The number of amides is 2. The van der Waals surface area contributed by atoms with Crippen LogP contribution in [0.15, 0.2) is 24.3 Å². The summed E-state index contributed by atoms with van der Waals surface area (Å²) < 4.78 is 7.27. The number of primary amides is 1. The van der Waals surface area contributed by atoms with Gasteiger partial charge in [-0.1, -0.05) is 29.3 Å². The lowest BCUT2D eigenvalue weighted by Crippen LogP contribution is -2.31. The van der Waals surface area contributed by atoms with Gasteiger partial charge in [-0.25, -0.2) is 4.79 Å². The van der Waals surface area contributed by atoms with Crippen molar-refractivity contribution in [2.45, 2.75) is 46.0 Å². The lowest BCUT2D eigenvalue weighted by Gasteiger charge is -2.19. The van der Waals surface area contributed by atoms with Crippen molar-refractivity contribution in [3.05, 3.63) is 52.3 Å². The average Bonchev–Trinajstić information content (AvgIpc) is 2.89. The smallest absolute Gasteiger partial charge is 0.410 e. The molecule has 8 nitrogen and oxygen atoms in total. The molecule has 8 heteroatoms. The van der Waals surface area contributed by atoms with Crippen LogP contribution >= 0.6 is 0 Å². The number of benzene rings is 1. The number of fused-ring (bicyclic) bond motifs is 1. The summed E-state index contributed by atoms with van der Waals surface area (Å²) in [5, 5.41) is 4.35. The Morgan fingerprint density at radius 3 is 2.56 bits per heavy atom. The third kappa shape index (κ3) is 4.46. The van der Waals surface area contributed by atoms with Crippen molar-refractivity contribution < 1.29 is 14.3 Å². The van der Waals surface area contributed by atoms with E-state index < -0.39 is 11.9 Å². The van der Waals surface area contributed by atoms with Gasteiger partial charge in [0.1, 0.15) is 12.6 Å². The Morgan fingerprint density at radius 1 is 1.19 bits per heavy atom. The Bertz CT molecular complexity index is 841. The van der Waals surface area contributed by atoms with Crippen LogP contribution in [0.5, 0.6) is 0 Å². The molecule has 4 N–H and O–H groups in total. The number of nitrogens with two attached hydrogens (primary N) is 2. The van der Waals surface area contributed by atoms with Gasteiger partial charge in [-0.2, -0.15) is 5.10 Å². The molecule has 1 unspecified atom stereocenters. The molecule has 0 aliphatic carbocycles. The van der Waals surface area contributed by atoms with E-state index in [0.717, 1.165) is 28.8 Å². The summed E-state index contributed by atoms with van der Waals surface area (Å²) in [5.74, 6) is -0.632. The summed E-state index contributed by atoms with van der Waals surface area (Å²) in [6, 6.07) is 6.87. The zero-order valence-electron chi connectivity index (χ0n) is 15.6. The molecule has 27 heavy (non-hydrogen) atoms. The van der Waals surface area contributed by atoms with Gasteiger partial charge in [0.2, 0.25) is 5.91 Å². The molecular weight excluding hydrogens is 346 g/mol. The van der Waals surface area contributed by atoms with E-state index in [0.29, 0.717) is 25.3 Å². The first-order valence-electron chi connectivity index (χ1n) is 8.94. The van der Waals surface area contributed by atoms with E-state index in [1.54, 1.807) is 15.6 Å². The van der Waals surface area contributed by atoms with Crippen LogP contribution in [0, 0.1) is 13.8 Å². The molecule has 0 spiro atoms. The fourth-order valence-electron chi connectivity index (χ4n) is 3.33. The number of aromatic nitrogens is 2. The first kappa shape index (κ1) is 18.9. The molecule has 1 aliphatic heterocycles. The predicted molar refractivity (Wildman–Crippen MR) is 99.5 cm³/mol. The lowest BCUT2D eigenvalue weighted by molar-refractivity contribution is -0.119. The van der Waals surface area contributed by atoms with Gasteiger partial charge in [-0.05, 0) is 31.9 Å². The molecule has 1 aromatic heterocycles. The molecule has 2 heterocycles. The first-order valence-corrected chi connectivity index (χ1v) is 8.94. The molecule has 2 aromatic rings. The van der Waals surface area contributed by atoms with Crippen LogP contribution in [-0.2, 0) is 29.2 Å². The molecular formula is C19H25N5O3. The van der Waals surface area contributed by atoms with Crippen molar-refractivity contribution in [2.75, 3.05) is 6.54 Å². The highest BCUT2D eigenvalue weighted by atomic mass is 16.6. The van der Waals surface area contributed by atoms with Gasteiger partial charge in [0, 0.05) is 13.1 Å². The summed E-state index contributed by atoms with van der Waals surface area (Å²) in [7, 11) is 0. The summed E-state index contributed by atoms with van der Waals surface area (Å²) in [6.45, 7) is 5.83. The van der Waals surface area contributed by atoms with Gasteiger partial charge in [0.25, 0.3) is 0 Å². The third-order valence-electron chi connectivity index (χ3n) is 4.56. The predicted octanol–water partition coefficient (Wildman–Crippen LogP) is 1.53. The molecule has 3 rings (SSSR count). The second-order valence-corrected chi connectivity index (χ2v) is 6.99. The van der Waals surface area contributed by atoms with E-state index in [1.807, 2.05) is 26.0 Å². The number of ether oxygens (including phenoxy) is 1. The molecule has 0 radical (unpaired) electrons. The first-order chi connectivity index (χ1) is 12.8. The van der Waals surface area contributed by atoms with Crippen LogP contribution in [0.2, 0.25) is 0 Å². The maximum Gasteiger partial charge on any atom is 0.410 e. The molecule has 2 amide bonds. The summed E-state index contributed by atoms with van der Waals surface area (Å²) in [5.41, 5.74) is 15.5. The van der Waals surface area contributed by atoms with E-state index in [4.69, 9.17) is 16.2 Å². The maximum atomic E-state index is 12.5. The summed E-state index contributed by atoms with van der Waals surface area (Å²) in [4.78, 5) is 25.5. The molecule has 0 saturated heterocycles. The van der Waals surface area contributed by atoms with Crippen LogP contribution in [0.3, 0.4) is 0 Å². The Morgan fingerprint density at radius 2 is 1.89 bits per heavy atom. The Balaban J connectivity index is 1.66. The van der Waals surface area contributed by atoms with E-state index in [-0.39, 0.29) is 12.7 Å².